The maximum atomic E-state index is 13.2. The molecule has 1 aromatic carbocycles. The molecule has 0 N–H and O–H groups in total. The Hall–Kier alpha value is -1.79. The Balaban J connectivity index is 1.77. The highest BCUT2D eigenvalue weighted by Crippen LogP contribution is 2.54. The van der Waals surface area contributed by atoms with Crippen LogP contribution in [0.3, 0.4) is 0 Å². The summed E-state index contributed by atoms with van der Waals surface area (Å²) in [5.74, 6) is 1.31. The van der Waals surface area contributed by atoms with Crippen LogP contribution in [0.4, 0.5) is 4.39 Å². The maximum Gasteiger partial charge on any atom is 0.177 e. The molecule has 5 nitrogen and oxygen atoms in total. The van der Waals surface area contributed by atoms with E-state index in [9.17, 15) is 4.39 Å². The molecule has 1 aliphatic heterocycles. The van der Waals surface area contributed by atoms with Crippen molar-refractivity contribution in [3.05, 3.63) is 41.7 Å². The fourth-order valence-electron chi connectivity index (χ4n) is 3.47. The summed E-state index contributed by atoms with van der Waals surface area (Å²) >= 11 is 0. The van der Waals surface area contributed by atoms with E-state index in [4.69, 9.17) is 14.5 Å². The second-order valence-electron chi connectivity index (χ2n) is 6.33. The molecule has 2 fully saturated rings. The number of hydrogen-bond donors (Lipinski definition) is 0. The lowest BCUT2D eigenvalue weighted by atomic mass is 9.95. The zero-order chi connectivity index (χ0) is 15.9. The Morgan fingerprint density at radius 2 is 2.13 bits per heavy atom. The van der Waals surface area contributed by atoms with Crippen molar-refractivity contribution in [1.29, 1.82) is 0 Å². The summed E-state index contributed by atoms with van der Waals surface area (Å²) in [6.45, 7) is 1.19. The third kappa shape index (κ3) is 2.56. The Bertz CT molecular complexity index is 688. The average Bonchev–Trinajstić information content (AvgIpc) is 3.00. The van der Waals surface area contributed by atoms with Crippen molar-refractivity contribution >= 4 is 0 Å². The number of halogens is 1. The van der Waals surface area contributed by atoms with E-state index in [1.165, 1.54) is 12.1 Å². The molecule has 0 spiro atoms. The second kappa shape index (κ2) is 5.69. The number of aromatic nitrogens is 3. The summed E-state index contributed by atoms with van der Waals surface area (Å²) in [7, 11) is 1.63. The lowest BCUT2D eigenvalue weighted by Crippen LogP contribution is -2.28. The quantitative estimate of drug-likeness (QED) is 0.851. The number of nitrogens with zero attached hydrogens (tertiary/aromatic N) is 3. The molecule has 6 heteroatoms. The molecule has 23 heavy (non-hydrogen) atoms. The van der Waals surface area contributed by atoms with Crippen molar-refractivity contribution in [2.45, 2.75) is 43.8 Å². The monoisotopic (exact) mass is 317 g/mol. The van der Waals surface area contributed by atoms with E-state index in [0.29, 0.717) is 12.4 Å². The van der Waals surface area contributed by atoms with E-state index in [1.807, 2.05) is 4.68 Å². The summed E-state index contributed by atoms with van der Waals surface area (Å²) in [6, 6.07) is 6.36. The van der Waals surface area contributed by atoms with E-state index in [-0.39, 0.29) is 17.3 Å². The highest BCUT2D eigenvalue weighted by molar-refractivity contribution is 5.36. The van der Waals surface area contributed by atoms with Crippen molar-refractivity contribution in [2.24, 2.45) is 0 Å². The first-order valence-electron chi connectivity index (χ1n) is 8.06. The van der Waals surface area contributed by atoms with Crippen molar-refractivity contribution in [3.63, 3.8) is 0 Å². The number of ether oxygens (including phenoxy) is 2. The van der Waals surface area contributed by atoms with Crippen LogP contribution in [-0.2, 0) is 21.5 Å². The second-order valence-corrected chi connectivity index (χ2v) is 6.33. The Morgan fingerprint density at radius 3 is 2.74 bits per heavy atom. The van der Waals surface area contributed by atoms with Gasteiger partial charge in [-0.1, -0.05) is 0 Å². The summed E-state index contributed by atoms with van der Waals surface area (Å²) in [5.41, 5.74) is 0.768. The van der Waals surface area contributed by atoms with Crippen LogP contribution >= 0.6 is 0 Å². The first kappa shape index (κ1) is 14.8. The molecule has 1 atom stereocenters. The normalized spacial score (nSPS) is 22.4. The molecule has 1 saturated heterocycles. The standard InChI is InChI=1S/C17H20FN3O2/c1-22-11-15-19-16(17(8-9-17)14-3-2-10-23-14)21(20-15)13-6-4-12(18)5-7-13/h4-7,14H,2-3,8-11H2,1H3. The average molecular weight is 317 g/mol. The summed E-state index contributed by atoms with van der Waals surface area (Å²) in [5, 5.41) is 4.58. The molecule has 2 aliphatic rings. The smallest absolute Gasteiger partial charge is 0.177 e. The summed E-state index contributed by atoms with van der Waals surface area (Å²) in [6.07, 6.45) is 4.49. The van der Waals surface area contributed by atoms with Crippen molar-refractivity contribution in [2.75, 3.05) is 13.7 Å². The molecule has 2 aromatic rings. The number of hydrogen-bond acceptors (Lipinski definition) is 4. The molecule has 122 valence electrons. The lowest BCUT2D eigenvalue weighted by molar-refractivity contribution is 0.0766. The predicted octanol–water partition coefficient (Wildman–Crippen LogP) is 2.76. The van der Waals surface area contributed by atoms with E-state index in [1.54, 1.807) is 19.2 Å². The largest absolute Gasteiger partial charge is 0.377 e. The Morgan fingerprint density at radius 1 is 1.35 bits per heavy atom. The molecule has 0 bridgehead atoms. The Kier molecular flexibility index (Phi) is 3.66. The molecular weight excluding hydrogens is 297 g/mol. The van der Waals surface area contributed by atoms with Gasteiger partial charge in [0.15, 0.2) is 5.82 Å². The number of methoxy groups -OCH3 is 1. The van der Waals surface area contributed by atoms with E-state index < -0.39 is 0 Å². The van der Waals surface area contributed by atoms with Gasteiger partial charge in [-0.15, -0.1) is 5.10 Å². The lowest BCUT2D eigenvalue weighted by Gasteiger charge is -2.22. The van der Waals surface area contributed by atoms with Gasteiger partial charge in [0.25, 0.3) is 0 Å². The fraction of sp³-hybridized carbons (Fsp3) is 0.529. The summed E-state index contributed by atoms with van der Waals surface area (Å²) in [4.78, 5) is 4.73. The molecule has 1 saturated carbocycles. The molecular formula is C17H20FN3O2. The third-order valence-electron chi connectivity index (χ3n) is 4.78. The van der Waals surface area contributed by atoms with Gasteiger partial charge < -0.3 is 9.47 Å². The van der Waals surface area contributed by atoms with Gasteiger partial charge in [-0.2, -0.15) is 0 Å². The van der Waals surface area contributed by atoms with E-state index in [0.717, 1.165) is 43.8 Å². The van der Waals surface area contributed by atoms with Crippen LogP contribution in [0.25, 0.3) is 5.69 Å². The van der Waals surface area contributed by atoms with Gasteiger partial charge in [-0.05, 0) is 49.9 Å². The van der Waals surface area contributed by atoms with Crippen LogP contribution in [0.5, 0.6) is 0 Å². The number of benzene rings is 1. The van der Waals surface area contributed by atoms with Gasteiger partial charge in [-0.25, -0.2) is 14.1 Å². The highest BCUT2D eigenvalue weighted by Gasteiger charge is 2.56. The van der Waals surface area contributed by atoms with E-state index in [2.05, 4.69) is 5.10 Å². The highest BCUT2D eigenvalue weighted by atomic mass is 19.1. The summed E-state index contributed by atoms with van der Waals surface area (Å²) < 4.78 is 26.2. The van der Waals surface area contributed by atoms with Gasteiger partial charge in [0, 0.05) is 13.7 Å². The fourth-order valence-corrected chi connectivity index (χ4v) is 3.47. The molecule has 1 aliphatic carbocycles. The molecule has 2 heterocycles. The maximum absolute atomic E-state index is 13.2. The van der Waals surface area contributed by atoms with Crippen LogP contribution in [0.15, 0.2) is 24.3 Å². The van der Waals surface area contributed by atoms with Crippen LogP contribution < -0.4 is 0 Å². The van der Waals surface area contributed by atoms with Crippen LogP contribution in [0, 0.1) is 5.82 Å². The minimum atomic E-state index is -0.257. The molecule has 1 aromatic heterocycles. The minimum Gasteiger partial charge on any atom is -0.377 e. The van der Waals surface area contributed by atoms with Crippen LogP contribution in [0.1, 0.15) is 37.3 Å². The van der Waals surface area contributed by atoms with Crippen LogP contribution in [-0.4, -0.2) is 34.6 Å². The van der Waals surface area contributed by atoms with Gasteiger partial charge >= 0.3 is 0 Å². The number of rotatable bonds is 5. The predicted molar refractivity (Wildman–Crippen MR) is 81.9 cm³/mol. The van der Waals surface area contributed by atoms with Gasteiger partial charge in [0.05, 0.1) is 17.2 Å². The molecule has 1 unspecified atom stereocenters. The first-order valence-corrected chi connectivity index (χ1v) is 8.06. The zero-order valence-corrected chi connectivity index (χ0v) is 13.2. The first-order chi connectivity index (χ1) is 11.2. The zero-order valence-electron chi connectivity index (χ0n) is 13.2. The van der Waals surface area contributed by atoms with Gasteiger partial charge in [-0.3, -0.25) is 0 Å². The van der Waals surface area contributed by atoms with Gasteiger partial charge in [0.1, 0.15) is 18.2 Å². The molecule has 0 radical (unpaired) electrons. The molecule has 0 amide bonds. The van der Waals surface area contributed by atoms with Crippen LogP contribution in [0.2, 0.25) is 0 Å². The van der Waals surface area contributed by atoms with E-state index >= 15 is 0 Å². The third-order valence-corrected chi connectivity index (χ3v) is 4.78. The minimum absolute atomic E-state index is 0.0517. The Labute approximate surface area is 134 Å². The molecule has 4 rings (SSSR count). The SMILES string of the molecule is COCc1nc(C2(C3CCCO3)CC2)n(-c2ccc(F)cc2)n1. The van der Waals surface area contributed by atoms with Crippen molar-refractivity contribution in [1.82, 2.24) is 14.8 Å². The van der Waals surface area contributed by atoms with Crippen molar-refractivity contribution < 1.29 is 13.9 Å². The van der Waals surface area contributed by atoms with Crippen molar-refractivity contribution in [3.8, 4) is 5.69 Å². The van der Waals surface area contributed by atoms with Gasteiger partial charge in [0.2, 0.25) is 0 Å². The topological polar surface area (TPSA) is 49.2 Å².